The Balaban J connectivity index is 1.80. The van der Waals surface area contributed by atoms with E-state index >= 15 is 0 Å². The van der Waals surface area contributed by atoms with Crippen molar-refractivity contribution in [3.05, 3.63) is 54.4 Å². The fourth-order valence-corrected chi connectivity index (χ4v) is 3.18. The van der Waals surface area contributed by atoms with E-state index in [1.165, 1.54) is 10.9 Å². The molecule has 6 nitrogen and oxygen atoms in total. The Morgan fingerprint density at radius 2 is 2.08 bits per heavy atom. The van der Waals surface area contributed by atoms with E-state index in [0.717, 1.165) is 29.3 Å². The number of nitrogens with zero attached hydrogens (tertiary/aromatic N) is 5. The summed E-state index contributed by atoms with van der Waals surface area (Å²) in [7, 11) is 0. The summed E-state index contributed by atoms with van der Waals surface area (Å²) in [5, 5.41) is 20.3. The number of aryl methyl sites for hydroxylation is 1. The quantitative estimate of drug-likeness (QED) is 0.567. The number of hydrogen-bond donors (Lipinski definition) is 1. The molecule has 0 aliphatic heterocycles. The maximum absolute atomic E-state index is 14.0. The van der Waals surface area contributed by atoms with Crippen LogP contribution in [0.3, 0.4) is 0 Å². The molecule has 0 aliphatic rings. The summed E-state index contributed by atoms with van der Waals surface area (Å²) in [5.74, 6) is -0.324. The predicted octanol–water partition coefficient (Wildman–Crippen LogP) is 3.85. The highest BCUT2D eigenvalue weighted by Crippen LogP contribution is 2.32. The van der Waals surface area contributed by atoms with Crippen molar-refractivity contribution in [3.63, 3.8) is 0 Å². The Hall–Kier alpha value is -3.22. The zero-order chi connectivity index (χ0) is 18.3. The van der Waals surface area contributed by atoms with Crippen molar-refractivity contribution in [1.29, 1.82) is 0 Å². The minimum absolute atomic E-state index is 0.261. The van der Waals surface area contributed by atoms with Gasteiger partial charge in [0, 0.05) is 35.3 Å². The molecule has 4 aromatic rings. The minimum atomic E-state index is -0.593. The third-order valence-electron chi connectivity index (χ3n) is 4.46. The Kier molecular flexibility index (Phi) is 3.91. The largest absolute Gasteiger partial charge is 0.494 e. The molecule has 3 heterocycles. The van der Waals surface area contributed by atoms with Crippen molar-refractivity contribution < 1.29 is 9.50 Å². The van der Waals surface area contributed by atoms with E-state index in [2.05, 4.69) is 22.2 Å². The molecule has 0 aliphatic carbocycles. The number of aromatic hydroxyl groups is 1. The van der Waals surface area contributed by atoms with Gasteiger partial charge < -0.3 is 9.67 Å². The van der Waals surface area contributed by atoms with Gasteiger partial charge >= 0.3 is 0 Å². The summed E-state index contributed by atoms with van der Waals surface area (Å²) in [6.45, 7) is 4.66. The predicted molar refractivity (Wildman–Crippen MR) is 96.7 cm³/mol. The Bertz CT molecular complexity index is 1100. The molecule has 0 saturated heterocycles. The van der Waals surface area contributed by atoms with E-state index in [9.17, 15) is 9.50 Å². The maximum atomic E-state index is 14.0. The van der Waals surface area contributed by atoms with Gasteiger partial charge in [0.25, 0.3) is 0 Å². The van der Waals surface area contributed by atoms with Crippen molar-refractivity contribution >= 4 is 10.8 Å². The summed E-state index contributed by atoms with van der Waals surface area (Å²) in [6.07, 6.45) is 4.26. The van der Waals surface area contributed by atoms with Crippen LogP contribution in [0.25, 0.3) is 27.7 Å². The van der Waals surface area contributed by atoms with Crippen LogP contribution in [-0.2, 0) is 6.54 Å². The van der Waals surface area contributed by atoms with E-state index in [4.69, 9.17) is 0 Å². The molecular formula is C19H18FN5O. The van der Waals surface area contributed by atoms with Gasteiger partial charge in [-0.2, -0.15) is 4.39 Å². The normalized spacial score (nSPS) is 11.3. The average molecular weight is 351 g/mol. The van der Waals surface area contributed by atoms with Crippen molar-refractivity contribution in [2.75, 3.05) is 0 Å². The molecule has 0 spiro atoms. The molecule has 7 heteroatoms. The zero-order valence-electron chi connectivity index (χ0n) is 14.5. The smallest absolute Gasteiger partial charge is 0.238 e. The lowest BCUT2D eigenvalue weighted by Crippen LogP contribution is -2.03. The van der Waals surface area contributed by atoms with Gasteiger partial charge in [-0.05, 0) is 37.6 Å². The van der Waals surface area contributed by atoms with E-state index < -0.39 is 5.95 Å². The second-order valence-electron chi connectivity index (χ2n) is 6.20. The van der Waals surface area contributed by atoms with E-state index in [1.807, 2.05) is 35.9 Å². The first-order valence-corrected chi connectivity index (χ1v) is 8.45. The Labute approximate surface area is 149 Å². The highest BCUT2D eigenvalue weighted by molar-refractivity contribution is 5.91. The summed E-state index contributed by atoms with van der Waals surface area (Å²) in [4.78, 5) is 3.66. The van der Waals surface area contributed by atoms with E-state index in [0.29, 0.717) is 11.4 Å². The van der Waals surface area contributed by atoms with Crippen LogP contribution >= 0.6 is 0 Å². The van der Waals surface area contributed by atoms with Crippen LogP contribution in [0.5, 0.6) is 5.88 Å². The molecule has 1 N–H and O–H groups in total. The Morgan fingerprint density at radius 3 is 2.85 bits per heavy atom. The van der Waals surface area contributed by atoms with E-state index in [1.54, 1.807) is 12.1 Å². The van der Waals surface area contributed by atoms with Gasteiger partial charge in [-0.1, -0.05) is 18.2 Å². The number of pyridine rings is 1. The number of aromatic nitrogens is 5. The van der Waals surface area contributed by atoms with Gasteiger partial charge in [0.05, 0.1) is 5.69 Å². The number of halogens is 1. The standard InChI is InChI=1S/C19H18FN5O/c1-3-9-24-11-14-10-13(6-7-15(14)19(24)26)17-12(2)25(23-22-17)16-5-4-8-21-18(16)20/h4-8,10-11,26H,3,9H2,1-2H3. The van der Waals surface area contributed by atoms with Crippen LogP contribution < -0.4 is 0 Å². The molecule has 0 atom stereocenters. The average Bonchev–Trinajstić information content (AvgIpc) is 3.16. The fraction of sp³-hybridized carbons (Fsp3) is 0.211. The Morgan fingerprint density at radius 1 is 1.23 bits per heavy atom. The van der Waals surface area contributed by atoms with Crippen molar-refractivity contribution in [2.45, 2.75) is 26.8 Å². The summed E-state index contributed by atoms with van der Waals surface area (Å²) in [5.41, 5.74) is 2.50. The highest BCUT2D eigenvalue weighted by atomic mass is 19.1. The minimum Gasteiger partial charge on any atom is -0.494 e. The van der Waals surface area contributed by atoms with Gasteiger partial charge in [0.2, 0.25) is 5.95 Å². The monoisotopic (exact) mass is 351 g/mol. The second kappa shape index (κ2) is 6.25. The molecule has 0 fully saturated rings. The van der Waals surface area contributed by atoms with Crippen LogP contribution in [0.1, 0.15) is 19.0 Å². The first-order chi connectivity index (χ1) is 12.6. The molecule has 0 amide bonds. The van der Waals surface area contributed by atoms with Gasteiger partial charge in [-0.3, -0.25) is 0 Å². The summed E-state index contributed by atoms with van der Waals surface area (Å²) in [6, 6.07) is 8.99. The SMILES string of the molecule is CCCn1cc2cc(-c3nnn(-c4cccnc4F)c3C)ccc2c1O. The summed E-state index contributed by atoms with van der Waals surface area (Å²) < 4.78 is 17.2. The molecule has 0 radical (unpaired) electrons. The first kappa shape index (κ1) is 16.3. The summed E-state index contributed by atoms with van der Waals surface area (Å²) >= 11 is 0. The van der Waals surface area contributed by atoms with Gasteiger partial charge in [-0.15, -0.1) is 5.10 Å². The molecule has 26 heavy (non-hydrogen) atoms. The molecule has 132 valence electrons. The molecule has 0 unspecified atom stereocenters. The maximum Gasteiger partial charge on any atom is 0.238 e. The van der Waals surface area contributed by atoms with Crippen molar-refractivity contribution in [3.8, 4) is 22.8 Å². The lowest BCUT2D eigenvalue weighted by atomic mass is 10.1. The van der Waals surface area contributed by atoms with Gasteiger partial charge in [0.15, 0.2) is 5.88 Å². The number of rotatable bonds is 4. The van der Waals surface area contributed by atoms with Gasteiger partial charge in [-0.25, -0.2) is 9.67 Å². The topological polar surface area (TPSA) is 68.8 Å². The third kappa shape index (κ3) is 2.52. The first-order valence-electron chi connectivity index (χ1n) is 8.45. The molecule has 3 aromatic heterocycles. The molecular weight excluding hydrogens is 333 g/mol. The van der Waals surface area contributed by atoms with Crippen molar-refractivity contribution in [2.24, 2.45) is 0 Å². The van der Waals surface area contributed by atoms with Crippen LogP contribution in [0, 0.1) is 12.9 Å². The van der Waals surface area contributed by atoms with E-state index in [-0.39, 0.29) is 11.6 Å². The van der Waals surface area contributed by atoms with Crippen molar-refractivity contribution in [1.82, 2.24) is 24.5 Å². The van der Waals surface area contributed by atoms with Crippen LogP contribution in [0.2, 0.25) is 0 Å². The lowest BCUT2D eigenvalue weighted by molar-refractivity contribution is 0.421. The van der Waals surface area contributed by atoms with Crippen LogP contribution in [-0.4, -0.2) is 29.7 Å². The molecule has 0 bridgehead atoms. The number of hydrogen-bond acceptors (Lipinski definition) is 4. The van der Waals surface area contributed by atoms with Gasteiger partial charge in [0.1, 0.15) is 11.4 Å². The zero-order valence-corrected chi connectivity index (χ0v) is 14.5. The molecule has 4 rings (SSSR count). The second-order valence-corrected chi connectivity index (χ2v) is 6.20. The fourth-order valence-electron chi connectivity index (χ4n) is 3.18. The molecule has 1 aromatic carbocycles. The highest BCUT2D eigenvalue weighted by Gasteiger charge is 2.16. The lowest BCUT2D eigenvalue weighted by Gasteiger charge is -2.04. The molecule has 0 saturated carbocycles. The third-order valence-corrected chi connectivity index (χ3v) is 4.46. The number of benzene rings is 1. The van der Waals surface area contributed by atoms with Crippen LogP contribution in [0.15, 0.2) is 42.7 Å². The number of fused-ring (bicyclic) bond motifs is 1. The van der Waals surface area contributed by atoms with Crippen LogP contribution in [0.4, 0.5) is 4.39 Å².